The van der Waals surface area contributed by atoms with Crippen molar-refractivity contribution in [3.8, 4) is 0 Å². The Morgan fingerprint density at radius 1 is 1.44 bits per heavy atom. The lowest BCUT2D eigenvalue weighted by Gasteiger charge is -2.09. The Labute approximate surface area is 87.7 Å². The minimum Gasteiger partial charge on any atom is -0.469 e. The van der Waals surface area contributed by atoms with Gasteiger partial charge in [0.05, 0.1) is 6.26 Å². The fourth-order valence-corrected chi connectivity index (χ4v) is 1.39. The summed E-state index contributed by atoms with van der Waals surface area (Å²) in [5.74, 6) is -2.17. The number of oxime groups is 1. The molecule has 1 aromatic heterocycles. The van der Waals surface area contributed by atoms with Gasteiger partial charge in [-0.25, -0.2) is 4.79 Å². The first-order valence-corrected chi connectivity index (χ1v) is 4.37. The van der Waals surface area contributed by atoms with Crippen molar-refractivity contribution in [1.82, 2.24) is 0 Å². The van der Waals surface area contributed by atoms with E-state index < -0.39 is 23.8 Å². The Balaban J connectivity index is 2.19. The standard InChI is InChI=1S/C9H6F3NO3/c10-9(11,12)7-6(8(14)16-13-7)4-5-2-1-3-15-5/h1-3,6H,4H2. The van der Waals surface area contributed by atoms with Crippen molar-refractivity contribution in [2.24, 2.45) is 11.1 Å². The van der Waals surface area contributed by atoms with Crippen LogP contribution in [0, 0.1) is 5.92 Å². The van der Waals surface area contributed by atoms with E-state index >= 15 is 0 Å². The fraction of sp³-hybridized carbons (Fsp3) is 0.333. The highest BCUT2D eigenvalue weighted by Gasteiger charge is 2.49. The van der Waals surface area contributed by atoms with Crippen LogP contribution in [0.15, 0.2) is 28.0 Å². The van der Waals surface area contributed by atoms with E-state index in [2.05, 4.69) is 9.99 Å². The summed E-state index contributed by atoms with van der Waals surface area (Å²) in [6.45, 7) is 0. The maximum Gasteiger partial charge on any atom is 0.433 e. The van der Waals surface area contributed by atoms with Gasteiger partial charge in [0.2, 0.25) is 0 Å². The highest BCUT2D eigenvalue weighted by atomic mass is 19.4. The third-order valence-corrected chi connectivity index (χ3v) is 2.12. The van der Waals surface area contributed by atoms with E-state index in [1.165, 1.54) is 18.4 Å². The Hall–Kier alpha value is -1.79. The molecule has 0 saturated heterocycles. The van der Waals surface area contributed by atoms with Crippen LogP contribution < -0.4 is 0 Å². The van der Waals surface area contributed by atoms with Crippen LogP contribution in [0.1, 0.15) is 5.76 Å². The Morgan fingerprint density at radius 2 is 2.19 bits per heavy atom. The van der Waals surface area contributed by atoms with Gasteiger partial charge in [-0.1, -0.05) is 5.16 Å². The molecule has 1 atom stereocenters. The number of halogens is 3. The van der Waals surface area contributed by atoms with E-state index in [-0.39, 0.29) is 12.2 Å². The summed E-state index contributed by atoms with van der Waals surface area (Å²) in [7, 11) is 0. The van der Waals surface area contributed by atoms with Gasteiger partial charge in [-0.15, -0.1) is 0 Å². The van der Waals surface area contributed by atoms with Crippen molar-refractivity contribution in [3.05, 3.63) is 24.2 Å². The number of hydrogen-bond donors (Lipinski definition) is 0. The largest absolute Gasteiger partial charge is 0.469 e. The van der Waals surface area contributed by atoms with Crippen molar-refractivity contribution < 1.29 is 27.2 Å². The van der Waals surface area contributed by atoms with Crippen molar-refractivity contribution in [1.29, 1.82) is 0 Å². The van der Waals surface area contributed by atoms with Crippen LogP contribution in [0.25, 0.3) is 0 Å². The summed E-state index contributed by atoms with van der Waals surface area (Å²) in [6, 6.07) is 3.01. The number of carbonyl (C=O) groups excluding carboxylic acids is 1. The zero-order chi connectivity index (χ0) is 11.8. The molecule has 2 rings (SSSR count). The first-order chi connectivity index (χ1) is 7.48. The number of nitrogens with zero attached hydrogens (tertiary/aromatic N) is 1. The Bertz CT molecular complexity index is 422. The molecule has 0 amide bonds. The highest BCUT2D eigenvalue weighted by Crippen LogP contribution is 2.29. The molecule has 16 heavy (non-hydrogen) atoms. The summed E-state index contributed by atoms with van der Waals surface area (Å²) < 4.78 is 42.1. The van der Waals surface area contributed by atoms with Gasteiger partial charge in [-0.3, -0.25) is 0 Å². The SMILES string of the molecule is O=C1ON=C(C(F)(F)F)C1Cc1ccco1. The molecule has 0 N–H and O–H groups in total. The lowest BCUT2D eigenvalue weighted by Crippen LogP contribution is -2.32. The van der Waals surface area contributed by atoms with Crippen LogP contribution in [-0.4, -0.2) is 17.9 Å². The van der Waals surface area contributed by atoms with Gasteiger partial charge < -0.3 is 9.25 Å². The van der Waals surface area contributed by atoms with E-state index in [0.717, 1.165) is 0 Å². The van der Waals surface area contributed by atoms with Gasteiger partial charge in [-0.05, 0) is 12.1 Å². The van der Waals surface area contributed by atoms with E-state index in [1.54, 1.807) is 0 Å². The predicted molar refractivity (Wildman–Crippen MR) is 45.5 cm³/mol. The molecule has 0 bridgehead atoms. The second-order valence-corrected chi connectivity index (χ2v) is 3.22. The molecule has 1 aromatic rings. The summed E-state index contributed by atoms with van der Waals surface area (Å²) >= 11 is 0. The summed E-state index contributed by atoms with van der Waals surface area (Å²) in [5, 5.41) is 2.75. The third kappa shape index (κ3) is 1.93. The van der Waals surface area contributed by atoms with E-state index in [4.69, 9.17) is 4.42 Å². The molecule has 0 radical (unpaired) electrons. The zero-order valence-corrected chi connectivity index (χ0v) is 7.82. The van der Waals surface area contributed by atoms with Gasteiger partial charge in [0.15, 0.2) is 5.71 Å². The topological polar surface area (TPSA) is 51.8 Å². The van der Waals surface area contributed by atoms with Crippen LogP contribution in [-0.2, 0) is 16.1 Å². The molecule has 86 valence electrons. The highest BCUT2D eigenvalue weighted by molar-refractivity contribution is 6.07. The maximum atomic E-state index is 12.4. The molecule has 1 aliphatic rings. The third-order valence-electron chi connectivity index (χ3n) is 2.12. The Kier molecular flexibility index (Phi) is 2.45. The van der Waals surface area contributed by atoms with Gasteiger partial charge in [0.1, 0.15) is 11.7 Å². The van der Waals surface area contributed by atoms with Crippen LogP contribution in [0.4, 0.5) is 13.2 Å². The van der Waals surface area contributed by atoms with Crippen LogP contribution in [0.2, 0.25) is 0 Å². The predicted octanol–water partition coefficient (Wildman–Crippen LogP) is 1.91. The molecule has 0 spiro atoms. The zero-order valence-electron chi connectivity index (χ0n) is 7.82. The van der Waals surface area contributed by atoms with Crippen LogP contribution in [0.3, 0.4) is 0 Å². The molecule has 0 fully saturated rings. The van der Waals surface area contributed by atoms with Crippen molar-refractivity contribution in [3.63, 3.8) is 0 Å². The monoisotopic (exact) mass is 233 g/mol. The van der Waals surface area contributed by atoms with Crippen molar-refractivity contribution in [2.45, 2.75) is 12.6 Å². The van der Waals surface area contributed by atoms with Crippen LogP contribution >= 0.6 is 0 Å². The van der Waals surface area contributed by atoms with Crippen LogP contribution in [0.5, 0.6) is 0 Å². The molecule has 7 heteroatoms. The Morgan fingerprint density at radius 3 is 2.75 bits per heavy atom. The minimum atomic E-state index is -4.66. The quantitative estimate of drug-likeness (QED) is 0.733. The second-order valence-electron chi connectivity index (χ2n) is 3.22. The molecule has 0 aromatic carbocycles. The van der Waals surface area contributed by atoms with Gasteiger partial charge >= 0.3 is 12.1 Å². The molecule has 0 aliphatic carbocycles. The average Bonchev–Trinajstić information content (AvgIpc) is 2.76. The lowest BCUT2D eigenvalue weighted by molar-refractivity contribution is -0.143. The molecule has 1 aliphatic heterocycles. The van der Waals surface area contributed by atoms with Gasteiger partial charge in [0, 0.05) is 6.42 Å². The molecule has 0 saturated carbocycles. The van der Waals surface area contributed by atoms with Gasteiger partial charge in [0.25, 0.3) is 0 Å². The summed E-state index contributed by atoms with van der Waals surface area (Å²) in [4.78, 5) is 15.1. The van der Waals surface area contributed by atoms with Gasteiger partial charge in [-0.2, -0.15) is 13.2 Å². The number of hydrogen-bond acceptors (Lipinski definition) is 4. The van der Waals surface area contributed by atoms with E-state index in [9.17, 15) is 18.0 Å². The first kappa shape index (κ1) is 10.7. The normalized spacial score (nSPS) is 20.8. The summed E-state index contributed by atoms with van der Waals surface area (Å²) in [5.41, 5.74) is -1.21. The maximum absolute atomic E-state index is 12.4. The average molecular weight is 233 g/mol. The number of furan rings is 1. The first-order valence-electron chi connectivity index (χ1n) is 4.37. The fourth-order valence-electron chi connectivity index (χ4n) is 1.39. The molecule has 4 nitrogen and oxygen atoms in total. The smallest absolute Gasteiger partial charge is 0.433 e. The number of rotatable bonds is 2. The minimum absolute atomic E-state index is 0.204. The molecular weight excluding hydrogens is 227 g/mol. The van der Waals surface area contributed by atoms with Crippen molar-refractivity contribution in [2.75, 3.05) is 0 Å². The molecule has 1 unspecified atom stereocenters. The van der Waals surface area contributed by atoms with E-state index in [1.807, 2.05) is 0 Å². The number of alkyl halides is 3. The number of carbonyl (C=O) groups is 1. The lowest BCUT2D eigenvalue weighted by atomic mass is 9.98. The molecular formula is C9H6F3NO3. The van der Waals surface area contributed by atoms with Crippen molar-refractivity contribution >= 4 is 11.7 Å². The second kappa shape index (κ2) is 3.66. The molecule has 2 heterocycles. The van der Waals surface area contributed by atoms with E-state index in [0.29, 0.717) is 0 Å². The summed E-state index contributed by atoms with van der Waals surface area (Å²) in [6.07, 6.45) is -3.55.